The van der Waals surface area contributed by atoms with Crippen LogP contribution in [0, 0.1) is 5.92 Å². The average molecular weight is 462 g/mol. The second kappa shape index (κ2) is 9.01. The standard InChI is InChI=1S/C23H25F3N4O3/c24-23(25,26)19-6-3-17(4-7-19)18-5-8-20(27-14-18)29-10-11-30(21(32)33)22(15-29,9-12-31)28-13-16-1-2-16/h3-8,12,14,16,28H,1-2,9-11,13,15H2,(H,32,33). The van der Waals surface area contributed by atoms with Crippen LogP contribution >= 0.6 is 0 Å². The van der Waals surface area contributed by atoms with E-state index in [1.807, 2.05) is 4.90 Å². The number of carbonyl (C=O) groups excluding carboxylic acids is 1. The fraction of sp³-hybridized carbons (Fsp3) is 0.435. The zero-order chi connectivity index (χ0) is 23.6. The molecule has 1 saturated carbocycles. The van der Waals surface area contributed by atoms with E-state index >= 15 is 0 Å². The summed E-state index contributed by atoms with van der Waals surface area (Å²) in [6, 6.07) is 8.41. The first-order valence-electron chi connectivity index (χ1n) is 10.8. The van der Waals surface area contributed by atoms with Crippen LogP contribution in [-0.2, 0) is 11.0 Å². The van der Waals surface area contributed by atoms with E-state index in [2.05, 4.69) is 10.3 Å². The summed E-state index contributed by atoms with van der Waals surface area (Å²) in [6.45, 7) is 1.52. The second-order valence-electron chi connectivity index (χ2n) is 8.56. The summed E-state index contributed by atoms with van der Waals surface area (Å²) in [6.07, 6.45) is -0.944. The van der Waals surface area contributed by atoms with E-state index in [4.69, 9.17) is 0 Å². The van der Waals surface area contributed by atoms with Crippen molar-refractivity contribution in [2.24, 2.45) is 5.92 Å². The van der Waals surface area contributed by atoms with Gasteiger partial charge in [-0.2, -0.15) is 13.2 Å². The molecule has 1 saturated heterocycles. The smallest absolute Gasteiger partial charge is 0.416 e. The largest absolute Gasteiger partial charge is 0.465 e. The lowest BCUT2D eigenvalue weighted by molar-refractivity contribution is -0.137. The topological polar surface area (TPSA) is 85.8 Å². The van der Waals surface area contributed by atoms with Gasteiger partial charge in [-0.1, -0.05) is 12.1 Å². The van der Waals surface area contributed by atoms with E-state index in [1.165, 1.54) is 17.0 Å². The summed E-state index contributed by atoms with van der Waals surface area (Å²) < 4.78 is 38.4. The lowest BCUT2D eigenvalue weighted by Gasteiger charge is -2.49. The van der Waals surface area contributed by atoms with E-state index in [1.54, 1.807) is 18.3 Å². The molecular weight excluding hydrogens is 437 g/mol. The molecule has 1 aliphatic carbocycles. The van der Waals surface area contributed by atoms with Crippen molar-refractivity contribution >= 4 is 18.2 Å². The average Bonchev–Trinajstić information content (AvgIpc) is 3.62. The number of carbonyl (C=O) groups is 2. The molecule has 2 aliphatic rings. The van der Waals surface area contributed by atoms with Crippen molar-refractivity contribution < 1.29 is 27.9 Å². The molecule has 0 spiro atoms. The van der Waals surface area contributed by atoms with Crippen LogP contribution in [-0.4, -0.2) is 59.2 Å². The van der Waals surface area contributed by atoms with E-state index in [-0.39, 0.29) is 19.5 Å². The maximum absolute atomic E-state index is 12.8. The number of amides is 1. The number of carboxylic acid groups (broad SMARTS) is 1. The van der Waals surface area contributed by atoms with Crippen LogP contribution in [0.5, 0.6) is 0 Å². The Morgan fingerprint density at radius 1 is 1.15 bits per heavy atom. The predicted molar refractivity (Wildman–Crippen MR) is 116 cm³/mol. The Morgan fingerprint density at radius 3 is 2.39 bits per heavy atom. The minimum Gasteiger partial charge on any atom is -0.465 e. The van der Waals surface area contributed by atoms with Crippen LogP contribution < -0.4 is 10.2 Å². The monoisotopic (exact) mass is 462 g/mol. The maximum Gasteiger partial charge on any atom is 0.416 e. The van der Waals surface area contributed by atoms with Crippen LogP contribution in [0.3, 0.4) is 0 Å². The molecule has 2 aromatic rings. The quantitative estimate of drug-likeness (QED) is 0.608. The van der Waals surface area contributed by atoms with E-state index in [0.717, 1.165) is 31.3 Å². The van der Waals surface area contributed by atoms with E-state index in [9.17, 15) is 27.9 Å². The molecule has 2 N–H and O–H groups in total. The molecule has 1 unspecified atom stereocenters. The Bertz CT molecular complexity index is 994. The Labute approximate surface area is 189 Å². The maximum atomic E-state index is 12.8. The Balaban J connectivity index is 1.53. The Hall–Kier alpha value is -3.14. The van der Waals surface area contributed by atoms with Gasteiger partial charge in [0.05, 0.1) is 12.1 Å². The van der Waals surface area contributed by atoms with Crippen molar-refractivity contribution in [3.63, 3.8) is 0 Å². The number of hydrogen-bond acceptors (Lipinski definition) is 5. The van der Waals surface area contributed by atoms with Gasteiger partial charge in [-0.05, 0) is 48.6 Å². The number of nitrogens with zero attached hydrogens (tertiary/aromatic N) is 3. The number of anilines is 1. The van der Waals surface area contributed by atoms with Gasteiger partial charge in [0, 0.05) is 37.8 Å². The van der Waals surface area contributed by atoms with Crippen LogP contribution in [0.25, 0.3) is 11.1 Å². The third-order valence-corrected chi connectivity index (χ3v) is 6.25. The number of piperazine rings is 1. The highest BCUT2D eigenvalue weighted by Crippen LogP contribution is 2.33. The summed E-state index contributed by atoms with van der Waals surface area (Å²) >= 11 is 0. The van der Waals surface area contributed by atoms with Crippen molar-refractivity contribution in [3.05, 3.63) is 48.2 Å². The van der Waals surface area contributed by atoms with Gasteiger partial charge in [-0.3, -0.25) is 10.2 Å². The second-order valence-corrected chi connectivity index (χ2v) is 8.56. The minimum atomic E-state index is -4.39. The summed E-state index contributed by atoms with van der Waals surface area (Å²) in [5.41, 5.74) is -0.471. The highest BCUT2D eigenvalue weighted by Gasteiger charge is 2.45. The number of benzene rings is 1. The Kier molecular flexibility index (Phi) is 6.29. The molecule has 4 rings (SSSR count). The van der Waals surface area contributed by atoms with Gasteiger partial charge >= 0.3 is 12.3 Å². The zero-order valence-electron chi connectivity index (χ0n) is 17.9. The first-order chi connectivity index (χ1) is 15.7. The van der Waals surface area contributed by atoms with Gasteiger partial charge in [0.1, 0.15) is 17.8 Å². The molecule has 10 heteroatoms. The molecule has 2 heterocycles. The summed E-state index contributed by atoms with van der Waals surface area (Å²) in [7, 11) is 0. The molecule has 2 fully saturated rings. The normalized spacial score (nSPS) is 21.2. The summed E-state index contributed by atoms with van der Waals surface area (Å²) in [5, 5.41) is 13.1. The van der Waals surface area contributed by atoms with Crippen molar-refractivity contribution in [2.45, 2.75) is 31.1 Å². The minimum absolute atomic E-state index is 0.0200. The van der Waals surface area contributed by atoms with Gasteiger partial charge in [-0.15, -0.1) is 0 Å². The van der Waals surface area contributed by atoms with Gasteiger partial charge in [0.2, 0.25) is 0 Å². The highest BCUT2D eigenvalue weighted by molar-refractivity contribution is 5.69. The van der Waals surface area contributed by atoms with Crippen LogP contribution in [0.15, 0.2) is 42.6 Å². The molecule has 1 aromatic heterocycles. The number of aromatic nitrogens is 1. The van der Waals surface area contributed by atoms with Crippen LogP contribution in [0.2, 0.25) is 0 Å². The fourth-order valence-electron chi connectivity index (χ4n) is 4.18. The molecule has 7 nitrogen and oxygen atoms in total. The van der Waals surface area contributed by atoms with Crippen molar-refractivity contribution in [3.8, 4) is 11.1 Å². The number of rotatable bonds is 7. The number of nitrogens with one attached hydrogen (secondary N) is 1. The fourth-order valence-corrected chi connectivity index (χ4v) is 4.18. The number of halogens is 3. The van der Waals surface area contributed by atoms with Gasteiger partial charge in [0.15, 0.2) is 0 Å². The molecule has 0 bridgehead atoms. The van der Waals surface area contributed by atoms with Gasteiger partial charge in [0.25, 0.3) is 0 Å². The molecular formula is C23H25F3N4O3. The molecule has 0 radical (unpaired) electrons. The first kappa shape index (κ1) is 23.0. The third-order valence-electron chi connectivity index (χ3n) is 6.25. The molecule has 176 valence electrons. The lowest BCUT2D eigenvalue weighted by atomic mass is 10.00. The molecule has 1 atom stereocenters. The number of pyridine rings is 1. The van der Waals surface area contributed by atoms with Crippen LogP contribution in [0.4, 0.5) is 23.8 Å². The van der Waals surface area contributed by atoms with E-state index < -0.39 is 23.5 Å². The van der Waals surface area contributed by atoms with Gasteiger partial charge < -0.3 is 14.8 Å². The molecule has 1 aromatic carbocycles. The van der Waals surface area contributed by atoms with E-state index in [0.29, 0.717) is 36.0 Å². The van der Waals surface area contributed by atoms with Crippen molar-refractivity contribution in [2.75, 3.05) is 31.1 Å². The number of alkyl halides is 3. The lowest BCUT2D eigenvalue weighted by Crippen LogP contribution is -2.71. The van der Waals surface area contributed by atoms with Crippen molar-refractivity contribution in [1.29, 1.82) is 0 Å². The van der Waals surface area contributed by atoms with Crippen LogP contribution in [0.1, 0.15) is 24.8 Å². The molecule has 1 aliphatic heterocycles. The number of aldehydes is 1. The third kappa shape index (κ3) is 5.11. The number of hydrogen-bond donors (Lipinski definition) is 2. The predicted octanol–water partition coefficient (Wildman–Crippen LogP) is 3.85. The molecule has 1 amide bonds. The molecule has 33 heavy (non-hydrogen) atoms. The first-order valence-corrected chi connectivity index (χ1v) is 10.8. The highest BCUT2D eigenvalue weighted by atomic mass is 19.4. The summed E-state index contributed by atoms with van der Waals surface area (Å²) in [5.74, 6) is 1.11. The van der Waals surface area contributed by atoms with Gasteiger partial charge in [-0.25, -0.2) is 9.78 Å². The summed E-state index contributed by atoms with van der Waals surface area (Å²) in [4.78, 5) is 31.1. The SMILES string of the molecule is O=CCC1(NCC2CC2)CN(c2ccc(-c3ccc(C(F)(F)F)cc3)cn2)CCN1C(=O)O. The van der Waals surface area contributed by atoms with Crippen molar-refractivity contribution in [1.82, 2.24) is 15.2 Å². The Morgan fingerprint density at radius 2 is 1.85 bits per heavy atom. The zero-order valence-corrected chi connectivity index (χ0v) is 17.9.